The van der Waals surface area contributed by atoms with E-state index in [-0.39, 0.29) is 29.4 Å². The summed E-state index contributed by atoms with van der Waals surface area (Å²) < 4.78 is 16.5. The number of nitrogens with zero attached hydrogens (tertiary/aromatic N) is 5. The SMILES string of the molecule is Cn1c(=O)[nH]c(=O)c2c1nc(N1CCN(C(=O)c3ccccc3)CC1)n2Cc1ccc(F)cc1. The minimum absolute atomic E-state index is 0.0288. The van der Waals surface area contributed by atoms with E-state index >= 15 is 0 Å². The summed E-state index contributed by atoms with van der Waals surface area (Å²) in [5.74, 6) is 0.149. The highest BCUT2D eigenvalue weighted by Crippen LogP contribution is 2.23. The largest absolute Gasteiger partial charge is 0.339 e. The van der Waals surface area contributed by atoms with E-state index in [2.05, 4.69) is 9.97 Å². The molecule has 1 saturated heterocycles. The minimum Gasteiger partial charge on any atom is -0.339 e. The predicted molar refractivity (Wildman–Crippen MR) is 126 cm³/mol. The number of piperazine rings is 1. The Morgan fingerprint density at radius 2 is 1.68 bits per heavy atom. The van der Waals surface area contributed by atoms with Gasteiger partial charge in [0.25, 0.3) is 11.5 Å². The molecule has 1 amide bonds. The van der Waals surface area contributed by atoms with Crippen molar-refractivity contribution in [3.8, 4) is 0 Å². The predicted octanol–water partition coefficient (Wildman–Crippen LogP) is 1.57. The molecular formula is C24H23FN6O3. The van der Waals surface area contributed by atoms with E-state index in [0.717, 1.165) is 5.56 Å². The molecule has 3 heterocycles. The summed E-state index contributed by atoms with van der Waals surface area (Å²) in [6.45, 7) is 2.27. The van der Waals surface area contributed by atoms with Crippen molar-refractivity contribution in [2.45, 2.75) is 6.54 Å². The summed E-state index contributed by atoms with van der Waals surface area (Å²) in [5, 5.41) is 0. The Balaban J connectivity index is 1.49. The average molecular weight is 462 g/mol. The first kappa shape index (κ1) is 21.6. The number of rotatable bonds is 4. The maximum Gasteiger partial charge on any atom is 0.329 e. The number of nitrogens with one attached hydrogen (secondary N) is 1. The Bertz CT molecular complexity index is 1470. The molecule has 0 radical (unpaired) electrons. The Labute approximate surface area is 193 Å². The number of aryl methyl sites for hydroxylation is 1. The average Bonchev–Trinajstić information content (AvgIpc) is 3.24. The highest BCUT2D eigenvalue weighted by molar-refractivity contribution is 5.94. The van der Waals surface area contributed by atoms with Gasteiger partial charge in [0.2, 0.25) is 5.95 Å². The molecule has 2 aromatic carbocycles. The van der Waals surface area contributed by atoms with Gasteiger partial charge in [-0.1, -0.05) is 30.3 Å². The van der Waals surface area contributed by atoms with Crippen LogP contribution in [-0.2, 0) is 13.6 Å². The molecular weight excluding hydrogens is 439 g/mol. The third-order valence-electron chi connectivity index (χ3n) is 6.11. The van der Waals surface area contributed by atoms with Gasteiger partial charge in [0, 0.05) is 38.8 Å². The van der Waals surface area contributed by atoms with E-state index in [1.165, 1.54) is 16.7 Å². The lowest BCUT2D eigenvalue weighted by atomic mass is 10.2. The summed E-state index contributed by atoms with van der Waals surface area (Å²) in [6.07, 6.45) is 0. The van der Waals surface area contributed by atoms with Crippen molar-refractivity contribution in [2.75, 3.05) is 31.1 Å². The second-order valence-electron chi connectivity index (χ2n) is 8.26. The molecule has 1 aliphatic heterocycles. The van der Waals surface area contributed by atoms with E-state index in [1.807, 2.05) is 23.1 Å². The van der Waals surface area contributed by atoms with E-state index < -0.39 is 11.2 Å². The maximum atomic E-state index is 13.4. The van der Waals surface area contributed by atoms with Gasteiger partial charge in [0.15, 0.2) is 11.2 Å². The fraction of sp³-hybridized carbons (Fsp3) is 0.250. The molecule has 5 rings (SSSR count). The number of hydrogen-bond acceptors (Lipinski definition) is 5. The van der Waals surface area contributed by atoms with Gasteiger partial charge >= 0.3 is 5.69 Å². The lowest BCUT2D eigenvalue weighted by Gasteiger charge is -2.35. The second-order valence-corrected chi connectivity index (χ2v) is 8.26. The van der Waals surface area contributed by atoms with Gasteiger partial charge in [-0.3, -0.25) is 23.7 Å². The van der Waals surface area contributed by atoms with Crippen molar-refractivity contribution in [2.24, 2.45) is 7.05 Å². The van der Waals surface area contributed by atoms with Crippen LogP contribution in [0.25, 0.3) is 11.2 Å². The van der Waals surface area contributed by atoms with E-state index in [4.69, 9.17) is 0 Å². The van der Waals surface area contributed by atoms with Crippen molar-refractivity contribution in [3.63, 3.8) is 0 Å². The van der Waals surface area contributed by atoms with Crippen molar-refractivity contribution >= 4 is 23.0 Å². The lowest BCUT2D eigenvalue weighted by Crippen LogP contribution is -2.49. The fourth-order valence-electron chi connectivity index (χ4n) is 4.26. The van der Waals surface area contributed by atoms with Gasteiger partial charge in [-0.15, -0.1) is 0 Å². The molecule has 174 valence electrons. The number of hydrogen-bond donors (Lipinski definition) is 1. The molecule has 0 spiro atoms. The number of fused-ring (bicyclic) bond motifs is 1. The van der Waals surface area contributed by atoms with Gasteiger partial charge in [0.05, 0.1) is 6.54 Å². The summed E-state index contributed by atoms with van der Waals surface area (Å²) in [5.41, 5.74) is 0.887. The molecule has 1 N–H and O–H groups in total. The van der Waals surface area contributed by atoms with Gasteiger partial charge in [0.1, 0.15) is 5.82 Å². The molecule has 0 atom stereocenters. The van der Waals surface area contributed by atoms with Gasteiger partial charge in [-0.25, -0.2) is 9.18 Å². The number of aromatic nitrogens is 4. The van der Waals surface area contributed by atoms with Crippen LogP contribution in [0.5, 0.6) is 0 Å². The maximum absolute atomic E-state index is 13.4. The Morgan fingerprint density at radius 3 is 2.35 bits per heavy atom. The highest BCUT2D eigenvalue weighted by Gasteiger charge is 2.27. The highest BCUT2D eigenvalue weighted by atomic mass is 19.1. The third kappa shape index (κ3) is 3.87. The van der Waals surface area contributed by atoms with Crippen molar-refractivity contribution in [1.29, 1.82) is 0 Å². The molecule has 0 bridgehead atoms. The Kier molecular flexibility index (Phi) is 5.48. The quantitative estimate of drug-likeness (QED) is 0.497. The van der Waals surface area contributed by atoms with E-state index in [1.54, 1.807) is 40.8 Å². The number of imidazole rings is 1. The Hall–Kier alpha value is -4.21. The molecule has 4 aromatic rings. The second kappa shape index (κ2) is 8.62. The standard InChI is InChI=1S/C24H23FN6O3/c1-28-20-19(21(32)27-24(28)34)31(15-16-7-9-18(25)10-8-16)23(26-20)30-13-11-29(12-14-30)22(33)17-5-3-2-4-6-17/h2-10H,11-15H2,1H3,(H,27,32,34). The van der Waals surface area contributed by atoms with Gasteiger partial charge < -0.3 is 9.80 Å². The van der Waals surface area contributed by atoms with Crippen LogP contribution in [0.2, 0.25) is 0 Å². The van der Waals surface area contributed by atoms with Gasteiger partial charge in [-0.05, 0) is 29.8 Å². The number of carbonyl (C=O) groups is 1. The lowest BCUT2D eigenvalue weighted by molar-refractivity contribution is 0.0746. The van der Waals surface area contributed by atoms with Crippen molar-refractivity contribution in [1.82, 2.24) is 24.0 Å². The topological polar surface area (TPSA) is 96.2 Å². The molecule has 0 aliphatic carbocycles. The summed E-state index contributed by atoms with van der Waals surface area (Å²) in [7, 11) is 1.55. The van der Waals surface area contributed by atoms with Crippen LogP contribution < -0.4 is 16.1 Å². The summed E-state index contributed by atoms with van der Waals surface area (Å²) in [4.78, 5) is 48.5. The van der Waals surface area contributed by atoms with Crippen LogP contribution in [0.15, 0.2) is 64.2 Å². The van der Waals surface area contributed by atoms with E-state index in [9.17, 15) is 18.8 Å². The molecule has 9 nitrogen and oxygen atoms in total. The number of carbonyl (C=O) groups excluding carboxylic acids is 1. The van der Waals surface area contributed by atoms with Crippen LogP contribution in [-0.4, -0.2) is 56.1 Å². The zero-order valence-electron chi connectivity index (χ0n) is 18.6. The van der Waals surface area contributed by atoms with Crippen LogP contribution in [0.1, 0.15) is 15.9 Å². The number of benzene rings is 2. The first-order chi connectivity index (χ1) is 16.4. The van der Waals surface area contributed by atoms with Crippen LogP contribution >= 0.6 is 0 Å². The number of anilines is 1. The van der Waals surface area contributed by atoms with Gasteiger partial charge in [-0.2, -0.15) is 4.98 Å². The number of aromatic amines is 1. The number of H-pyrrole nitrogens is 1. The minimum atomic E-state index is -0.547. The van der Waals surface area contributed by atoms with Crippen LogP contribution in [0, 0.1) is 5.82 Å². The van der Waals surface area contributed by atoms with Crippen molar-refractivity contribution < 1.29 is 9.18 Å². The van der Waals surface area contributed by atoms with Crippen LogP contribution in [0.3, 0.4) is 0 Å². The zero-order chi connectivity index (χ0) is 23.8. The molecule has 0 unspecified atom stereocenters. The number of halogens is 1. The molecule has 1 aliphatic rings. The molecule has 34 heavy (non-hydrogen) atoms. The molecule has 1 fully saturated rings. The summed E-state index contributed by atoms with van der Waals surface area (Å²) in [6, 6.07) is 15.2. The normalized spacial score (nSPS) is 14.1. The molecule has 0 saturated carbocycles. The third-order valence-corrected chi connectivity index (χ3v) is 6.11. The first-order valence-corrected chi connectivity index (χ1v) is 11.0. The zero-order valence-corrected chi connectivity index (χ0v) is 18.6. The van der Waals surface area contributed by atoms with E-state index in [0.29, 0.717) is 37.7 Å². The molecule has 2 aromatic heterocycles. The summed E-state index contributed by atoms with van der Waals surface area (Å²) >= 11 is 0. The Morgan fingerprint density at radius 1 is 1.00 bits per heavy atom. The number of amides is 1. The fourth-order valence-corrected chi connectivity index (χ4v) is 4.26. The van der Waals surface area contributed by atoms with Crippen LogP contribution in [0.4, 0.5) is 10.3 Å². The monoisotopic (exact) mass is 462 g/mol. The smallest absolute Gasteiger partial charge is 0.329 e. The molecule has 10 heteroatoms. The first-order valence-electron chi connectivity index (χ1n) is 11.0. The van der Waals surface area contributed by atoms with Crippen molar-refractivity contribution in [3.05, 3.63) is 92.4 Å².